The van der Waals surface area contributed by atoms with E-state index < -0.39 is 6.04 Å². The fourth-order valence-corrected chi connectivity index (χ4v) is 4.11. The van der Waals surface area contributed by atoms with Gasteiger partial charge in [-0.05, 0) is 19.1 Å². The maximum atomic E-state index is 12.5. The van der Waals surface area contributed by atoms with Gasteiger partial charge in [0.25, 0.3) is 0 Å². The van der Waals surface area contributed by atoms with Crippen molar-refractivity contribution in [3.63, 3.8) is 0 Å². The molecule has 2 fully saturated rings. The van der Waals surface area contributed by atoms with Gasteiger partial charge in [0, 0.05) is 56.5 Å². The van der Waals surface area contributed by atoms with Crippen LogP contribution >= 0.6 is 11.8 Å². The van der Waals surface area contributed by atoms with Gasteiger partial charge in [-0.15, -0.1) is 0 Å². The number of rotatable bonds is 3. The third-order valence-corrected chi connectivity index (χ3v) is 5.66. The molecular formula is C18H26N4O2S. The predicted octanol–water partition coefficient (Wildman–Crippen LogP) is 1.48. The van der Waals surface area contributed by atoms with Crippen molar-refractivity contribution in [2.45, 2.75) is 13.0 Å². The van der Waals surface area contributed by atoms with Gasteiger partial charge in [-0.1, -0.05) is 18.2 Å². The van der Waals surface area contributed by atoms with Crippen LogP contribution in [-0.4, -0.2) is 78.6 Å². The molecule has 136 valence electrons. The van der Waals surface area contributed by atoms with Crippen LogP contribution in [0.3, 0.4) is 0 Å². The van der Waals surface area contributed by atoms with E-state index in [0.29, 0.717) is 13.1 Å². The smallest absolute Gasteiger partial charge is 0.318 e. The molecule has 25 heavy (non-hydrogen) atoms. The van der Waals surface area contributed by atoms with Crippen LogP contribution in [-0.2, 0) is 4.79 Å². The number of para-hydroxylation sites is 1. The van der Waals surface area contributed by atoms with Crippen LogP contribution in [0.25, 0.3) is 0 Å². The van der Waals surface area contributed by atoms with Crippen LogP contribution in [0.1, 0.15) is 6.92 Å². The van der Waals surface area contributed by atoms with Crippen molar-refractivity contribution in [2.75, 3.05) is 55.7 Å². The van der Waals surface area contributed by atoms with Gasteiger partial charge < -0.3 is 20.0 Å². The summed E-state index contributed by atoms with van der Waals surface area (Å²) in [5.74, 6) is 1.98. The molecule has 0 unspecified atom stereocenters. The first-order valence-electron chi connectivity index (χ1n) is 8.87. The largest absolute Gasteiger partial charge is 0.368 e. The first kappa shape index (κ1) is 17.9. The number of urea groups is 1. The lowest BCUT2D eigenvalue weighted by Gasteiger charge is -2.37. The molecule has 0 aliphatic carbocycles. The maximum Gasteiger partial charge on any atom is 0.318 e. The van der Waals surface area contributed by atoms with Gasteiger partial charge in [-0.25, -0.2) is 4.79 Å². The Morgan fingerprint density at radius 3 is 2.24 bits per heavy atom. The van der Waals surface area contributed by atoms with E-state index in [0.717, 1.165) is 37.7 Å². The predicted molar refractivity (Wildman–Crippen MR) is 102 cm³/mol. The average Bonchev–Trinajstić information content (AvgIpc) is 2.68. The second kappa shape index (κ2) is 8.47. The molecule has 7 heteroatoms. The number of piperazine rings is 1. The van der Waals surface area contributed by atoms with Crippen LogP contribution in [0.2, 0.25) is 0 Å². The zero-order chi connectivity index (χ0) is 17.6. The third kappa shape index (κ3) is 4.60. The van der Waals surface area contributed by atoms with Gasteiger partial charge in [0.15, 0.2) is 0 Å². The van der Waals surface area contributed by atoms with E-state index in [4.69, 9.17) is 0 Å². The Balaban J connectivity index is 1.46. The quantitative estimate of drug-likeness (QED) is 0.885. The Hall–Kier alpha value is -1.89. The van der Waals surface area contributed by atoms with Crippen molar-refractivity contribution in [1.29, 1.82) is 0 Å². The summed E-state index contributed by atoms with van der Waals surface area (Å²) < 4.78 is 0. The highest BCUT2D eigenvalue weighted by Crippen LogP contribution is 2.15. The van der Waals surface area contributed by atoms with Crippen LogP contribution in [0.4, 0.5) is 10.5 Å². The molecule has 0 aromatic heterocycles. The highest BCUT2D eigenvalue weighted by molar-refractivity contribution is 7.99. The molecule has 0 bridgehead atoms. The number of nitrogens with one attached hydrogen (secondary N) is 1. The van der Waals surface area contributed by atoms with E-state index in [9.17, 15) is 9.59 Å². The van der Waals surface area contributed by atoms with Crippen molar-refractivity contribution in [1.82, 2.24) is 15.1 Å². The van der Waals surface area contributed by atoms with E-state index in [1.54, 1.807) is 11.8 Å². The molecule has 0 saturated carbocycles. The van der Waals surface area contributed by atoms with Crippen LogP contribution in [0, 0.1) is 0 Å². The molecule has 3 rings (SSSR count). The molecule has 2 saturated heterocycles. The summed E-state index contributed by atoms with van der Waals surface area (Å²) in [5.41, 5.74) is 1.19. The number of hydrogen-bond donors (Lipinski definition) is 1. The number of hydrogen-bond acceptors (Lipinski definition) is 4. The minimum Gasteiger partial charge on any atom is -0.368 e. The average molecular weight is 362 g/mol. The van der Waals surface area contributed by atoms with Crippen molar-refractivity contribution in [3.05, 3.63) is 30.3 Å². The molecule has 1 N–H and O–H groups in total. The Labute approximate surface area is 153 Å². The van der Waals surface area contributed by atoms with E-state index >= 15 is 0 Å². The Bertz CT molecular complexity index is 584. The number of nitrogens with zero attached hydrogens (tertiary/aromatic N) is 3. The van der Waals surface area contributed by atoms with Crippen molar-refractivity contribution < 1.29 is 9.59 Å². The van der Waals surface area contributed by atoms with Gasteiger partial charge in [0.2, 0.25) is 5.91 Å². The van der Waals surface area contributed by atoms with E-state index in [2.05, 4.69) is 22.3 Å². The van der Waals surface area contributed by atoms with Gasteiger partial charge >= 0.3 is 6.03 Å². The summed E-state index contributed by atoms with van der Waals surface area (Å²) in [6.45, 7) is 6.29. The summed E-state index contributed by atoms with van der Waals surface area (Å²) in [4.78, 5) is 30.8. The van der Waals surface area contributed by atoms with Crippen LogP contribution in [0.15, 0.2) is 30.3 Å². The zero-order valence-electron chi connectivity index (χ0n) is 14.7. The SMILES string of the molecule is C[C@@H](NC(=O)N1CCN(c2ccccc2)CC1)C(=O)N1CCSCC1. The standard InChI is InChI=1S/C18H26N4O2S/c1-15(17(23)21-11-13-25-14-12-21)19-18(24)22-9-7-20(8-10-22)16-5-3-2-4-6-16/h2-6,15H,7-14H2,1H3,(H,19,24)/t15-/m1/s1. The first-order chi connectivity index (χ1) is 12.1. The molecule has 1 aromatic carbocycles. The maximum absolute atomic E-state index is 12.5. The second-order valence-electron chi connectivity index (χ2n) is 6.42. The van der Waals surface area contributed by atoms with Crippen molar-refractivity contribution in [3.8, 4) is 0 Å². The number of anilines is 1. The van der Waals surface area contributed by atoms with Crippen LogP contribution in [0.5, 0.6) is 0 Å². The molecule has 1 atom stereocenters. The molecular weight excluding hydrogens is 336 g/mol. The van der Waals surface area contributed by atoms with Crippen molar-refractivity contribution >= 4 is 29.4 Å². The Morgan fingerprint density at radius 2 is 1.60 bits per heavy atom. The highest BCUT2D eigenvalue weighted by atomic mass is 32.2. The number of amides is 3. The van der Waals surface area contributed by atoms with Gasteiger partial charge in [-0.2, -0.15) is 11.8 Å². The topological polar surface area (TPSA) is 55.9 Å². The number of carbonyl (C=O) groups excluding carboxylic acids is 2. The summed E-state index contributed by atoms with van der Waals surface area (Å²) in [6, 6.07) is 9.64. The lowest BCUT2D eigenvalue weighted by atomic mass is 10.2. The molecule has 6 nitrogen and oxygen atoms in total. The molecule has 1 aromatic rings. The van der Waals surface area contributed by atoms with E-state index in [1.165, 1.54) is 5.69 Å². The summed E-state index contributed by atoms with van der Waals surface area (Å²) in [5, 5.41) is 2.87. The van der Waals surface area contributed by atoms with Gasteiger partial charge in [0.05, 0.1) is 0 Å². The molecule has 3 amide bonds. The molecule has 2 heterocycles. The lowest BCUT2D eigenvalue weighted by molar-refractivity contribution is -0.132. The first-order valence-corrected chi connectivity index (χ1v) is 10.0. The minimum atomic E-state index is -0.470. The highest BCUT2D eigenvalue weighted by Gasteiger charge is 2.27. The monoisotopic (exact) mass is 362 g/mol. The number of benzene rings is 1. The van der Waals surface area contributed by atoms with Crippen LogP contribution < -0.4 is 10.2 Å². The second-order valence-corrected chi connectivity index (χ2v) is 7.64. The normalized spacial score (nSPS) is 19.5. The molecule has 0 radical (unpaired) electrons. The zero-order valence-corrected chi connectivity index (χ0v) is 15.5. The third-order valence-electron chi connectivity index (χ3n) is 4.72. The minimum absolute atomic E-state index is 0.0246. The summed E-state index contributed by atoms with van der Waals surface area (Å²) >= 11 is 1.87. The number of thioether (sulfide) groups is 1. The molecule has 2 aliphatic heterocycles. The lowest BCUT2D eigenvalue weighted by Crippen LogP contribution is -2.56. The van der Waals surface area contributed by atoms with E-state index in [-0.39, 0.29) is 11.9 Å². The number of carbonyl (C=O) groups is 2. The molecule has 2 aliphatic rings. The van der Waals surface area contributed by atoms with Gasteiger partial charge in [0.1, 0.15) is 6.04 Å². The van der Waals surface area contributed by atoms with Crippen molar-refractivity contribution in [2.24, 2.45) is 0 Å². The fourth-order valence-electron chi connectivity index (χ4n) is 3.20. The summed E-state index contributed by atoms with van der Waals surface area (Å²) in [7, 11) is 0. The summed E-state index contributed by atoms with van der Waals surface area (Å²) in [6.07, 6.45) is 0. The van der Waals surface area contributed by atoms with E-state index in [1.807, 2.05) is 34.9 Å². The Morgan fingerprint density at radius 1 is 0.960 bits per heavy atom. The Kier molecular flexibility index (Phi) is 6.07. The molecule has 0 spiro atoms. The van der Waals surface area contributed by atoms with Gasteiger partial charge in [-0.3, -0.25) is 4.79 Å². The fraction of sp³-hybridized carbons (Fsp3) is 0.556.